The summed E-state index contributed by atoms with van der Waals surface area (Å²) in [5.41, 5.74) is 0.833. The van der Waals surface area contributed by atoms with Crippen molar-refractivity contribution < 1.29 is 4.42 Å². The summed E-state index contributed by atoms with van der Waals surface area (Å²) in [6, 6.07) is 1.91. The van der Waals surface area contributed by atoms with Crippen molar-refractivity contribution in [1.29, 1.82) is 0 Å². The molecule has 7 heteroatoms. The molecule has 1 atom stereocenters. The lowest BCUT2D eigenvalue weighted by Crippen LogP contribution is -2.26. The van der Waals surface area contributed by atoms with Gasteiger partial charge in [0.1, 0.15) is 0 Å². The van der Waals surface area contributed by atoms with Gasteiger partial charge in [-0.05, 0) is 22.2 Å². The van der Waals surface area contributed by atoms with Gasteiger partial charge >= 0.3 is 0 Å². The number of fused-ring (bicyclic) bond motifs is 1. The van der Waals surface area contributed by atoms with Crippen molar-refractivity contribution in [2.24, 2.45) is 0 Å². The second-order valence-electron chi connectivity index (χ2n) is 4.14. The number of thiophene rings is 1. The highest BCUT2D eigenvalue weighted by molar-refractivity contribution is 9.10. The third-order valence-corrected chi connectivity index (χ3v) is 5.60. The Balaban J connectivity index is 2.22. The van der Waals surface area contributed by atoms with Crippen LogP contribution in [0.15, 0.2) is 20.3 Å². The summed E-state index contributed by atoms with van der Waals surface area (Å²) < 4.78 is 12.0. The highest BCUT2D eigenvalue weighted by Crippen LogP contribution is 2.34. The minimum Gasteiger partial charge on any atom is -0.438 e. The van der Waals surface area contributed by atoms with Gasteiger partial charge in [0.05, 0.1) is 13.7 Å². The molecule has 0 aliphatic heterocycles. The maximum absolute atomic E-state index is 5.91. The molecule has 2 aromatic rings. The van der Waals surface area contributed by atoms with Crippen LogP contribution in [0.3, 0.4) is 0 Å². The summed E-state index contributed by atoms with van der Waals surface area (Å²) in [4.78, 5) is 2.05. The van der Waals surface area contributed by atoms with E-state index in [1.807, 2.05) is 18.5 Å². The molecule has 0 saturated carbocycles. The molecule has 0 aromatic carbocycles. The van der Waals surface area contributed by atoms with Crippen molar-refractivity contribution in [3.63, 3.8) is 0 Å². The van der Waals surface area contributed by atoms with Gasteiger partial charge in [-0.25, -0.2) is 0 Å². The van der Waals surface area contributed by atoms with E-state index in [0.717, 1.165) is 38.2 Å². The summed E-state index contributed by atoms with van der Waals surface area (Å²) >= 11 is 10.5. The first-order valence-corrected chi connectivity index (χ1v) is 9.48. The van der Waals surface area contributed by atoms with Gasteiger partial charge in [-0.3, -0.25) is 4.72 Å². The fourth-order valence-electron chi connectivity index (χ4n) is 1.59. The van der Waals surface area contributed by atoms with Gasteiger partial charge in [-0.15, -0.1) is 22.0 Å². The Labute approximate surface area is 132 Å². The van der Waals surface area contributed by atoms with Crippen LogP contribution in [-0.4, -0.2) is 32.3 Å². The maximum atomic E-state index is 5.91. The van der Waals surface area contributed by atoms with E-state index in [-0.39, 0.29) is 10.7 Å². The molecule has 104 valence electrons. The summed E-state index contributed by atoms with van der Waals surface area (Å²) in [6.45, 7) is 1.71. The monoisotopic (exact) mass is 378 g/mol. The van der Waals surface area contributed by atoms with Crippen molar-refractivity contribution in [1.82, 2.24) is 4.72 Å². The zero-order valence-corrected chi connectivity index (χ0v) is 14.8. The number of anilines is 1. The highest BCUT2D eigenvalue weighted by atomic mass is 79.9. The van der Waals surface area contributed by atoms with Crippen molar-refractivity contribution in [3.8, 4) is 0 Å². The van der Waals surface area contributed by atoms with Crippen LogP contribution in [0.25, 0.3) is 10.3 Å². The molecule has 19 heavy (non-hydrogen) atoms. The second-order valence-corrected chi connectivity index (χ2v) is 7.88. The average Bonchev–Trinajstić information content (AvgIpc) is 2.71. The van der Waals surface area contributed by atoms with Crippen molar-refractivity contribution in [2.75, 3.05) is 31.3 Å². The average molecular weight is 379 g/mol. The molecule has 2 heterocycles. The number of rotatable bonds is 5. The van der Waals surface area contributed by atoms with Gasteiger partial charge in [0.25, 0.3) is 0 Å². The van der Waals surface area contributed by atoms with Gasteiger partial charge in [0.15, 0.2) is 11.5 Å². The Hall–Kier alpha value is -0.210. The van der Waals surface area contributed by atoms with Crippen LogP contribution >= 0.6 is 50.2 Å². The van der Waals surface area contributed by atoms with Crippen LogP contribution in [-0.2, 0) is 0 Å². The van der Waals surface area contributed by atoms with Crippen molar-refractivity contribution in [2.45, 2.75) is 0 Å². The third kappa shape index (κ3) is 3.66. The third-order valence-electron chi connectivity index (χ3n) is 2.56. The van der Waals surface area contributed by atoms with E-state index < -0.39 is 0 Å². The van der Waals surface area contributed by atoms with E-state index in [0.29, 0.717) is 0 Å². The van der Waals surface area contributed by atoms with Gasteiger partial charge in [0.2, 0.25) is 0 Å². The standard InChI is InChI=1S/C12H15BrN2OS3/c1-15(5-4-14-19(2)3)10-6-9(17)12-11(16-10)8(13)7-18-12/h6-7,14H,2,4-5H2,1,3H3. The van der Waals surface area contributed by atoms with Crippen LogP contribution in [0.2, 0.25) is 0 Å². The molecule has 1 unspecified atom stereocenters. The van der Waals surface area contributed by atoms with Crippen molar-refractivity contribution >= 4 is 72.2 Å². The van der Waals surface area contributed by atoms with Gasteiger partial charge in [0, 0.05) is 31.6 Å². The molecular weight excluding hydrogens is 364 g/mol. The lowest BCUT2D eigenvalue weighted by molar-refractivity contribution is 0.584. The van der Waals surface area contributed by atoms with Crippen LogP contribution in [0.5, 0.6) is 0 Å². The van der Waals surface area contributed by atoms with Crippen LogP contribution in [0.4, 0.5) is 5.88 Å². The molecule has 0 fully saturated rings. The van der Waals surface area contributed by atoms with Crippen LogP contribution in [0.1, 0.15) is 0 Å². The van der Waals surface area contributed by atoms with Gasteiger partial charge in [-0.2, -0.15) is 0 Å². The SMILES string of the molecule is C=S(C)NCCN(C)c1cc(=S)c2scc(Br)c2o1. The molecule has 3 nitrogen and oxygen atoms in total. The molecule has 2 aromatic heterocycles. The number of likely N-dealkylation sites (N-methyl/N-ethyl adjacent to an activating group) is 1. The molecule has 0 aliphatic carbocycles. The molecule has 2 rings (SSSR count). The quantitative estimate of drug-likeness (QED) is 0.786. The minimum absolute atomic E-state index is 0.00404. The molecular formula is C12H15BrN2OS3. The molecule has 0 bridgehead atoms. The van der Waals surface area contributed by atoms with Crippen LogP contribution in [0, 0.1) is 4.51 Å². The van der Waals surface area contributed by atoms with E-state index in [2.05, 4.69) is 37.7 Å². The Kier molecular flexibility index (Phi) is 5.19. The lowest BCUT2D eigenvalue weighted by atomic mass is 10.4. The summed E-state index contributed by atoms with van der Waals surface area (Å²) in [5, 5.41) is 2.00. The number of halogens is 1. The Morgan fingerprint density at radius 2 is 2.37 bits per heavy atom. The minimum atomic E-state index is 0.00404. The first kappa shape index (κ1) is 15.2. The van der Waals surface area contributed by atoms with Crippen molar-refractivity contribution in [3.05, 3.63) is 20.4 Å². The van der Waals surface area contributed by atoms with E-state index in [1.165, 1.54) is 0 Å². The molecule has 0 spiro atoms. The highest BCUT2D eigenvalue weighted by Gasteiger charge is 2.10. The van der Waals surface area contributed by atoms with E-state index >= 15 is 0 Å². The molecule has 0 radical (unpaired) electrons. The fraction of sp³-hybridized carbons (Fsp3) is 0.333. The number of hydrogen-bond acceptors (Lipinski definition) is 5. The maximum Gasteiger partial charge on any atom is 0.197 e. The van der Waals surface area contributed by atoms with E-state index in [9.17, 15) is 0 Å². The Bertz CT molecular complexity index is 665. The summed E-state index contributed by atoms with van der Waals surface area (Å²) in [6.07, 6.45) is 2.06. The van der Waals surface area contributed by atoms with E-state index in [4.69, 9.17) is 16.6 Å². The largest absolute Gasteiger partial charge is 0.438 e. The Morgan fingerprint density at radius 3 is 3.05 bits per heavy atom. The summed E-state index contributed by atoms with van der Waals surface area (Å²) in [7, 11) is 2.00. The van der Waals surface area contributed by atoms with Crippen LogP contribution < -0.4 is 9.62 Å². The Morgan fingerprint density at radius 1 is 1.63 bits per heavy atom. The topological polar surface area (TPSA) is 28.4 Å². The fourth-order valence-corrected chi connectivity index (χ4v) is 3.82. The van der Waals surface area contributed by atoms with E-state index in [1.54, 1.807) is 11.3 Å². The zero-order valence-electron chi connectivity index (χ0n) is 10.7. The second kappa shape index (κ2) is 6.49. The lowest BCUT2D eigenvalue weighted by Gasteiger charge is -2.18. The smallest absolute Gasteiger partial charge is 0.197 e. The predicted molar refractivity (Wildman–Crippen MR) is 94.5 cm³/mol. The number of nitrogens with one attached hydrogen (secondary N) is 1. The molecule has 1 N–H and O–H groups in total. The first-order chi connectivity index (χ1) is 8.99. The molecule has 0 aliphatic rings. The normalized spacial score (nSPS) is 12.8. The number of hydrogen-bond donors (Lipinski definition) is 1. The van der Waals surface area contributed by atoms with Gasteiger partial charge in [-0.1, -0.05) is 18.1 Å². The van der Waals surface area contributed by atoms with Gasteiger partial charge < -0.3 is 9.32 Å². The molecule has 0 amide bonds. The number of nitrogens with zero attached hydrogens (tertiary/aromatic N) is 1. The molecule has 0 saturated heterocycles. The predicted octanol–water partition coefficient (Wildman–Crippen LogP) is 4.26. The summed E-state index contributed by atoms with van der Waals surface area (Å²) in [5.74, 6) is 4.71. The first-order valence-electron chi connectivity index (χ1n) is 5.60. The zero-order chi connectivity index (χ0) is 14.0.